The van der Waals surface area contributed by atoms with Gasteiger partial charge in [-0.1, -0.05) is 31.9 Å². The molecule has 76 valence electrons. The molecule has 14 heavy (non-hydrogen) atoms. The molecule has 0 radical (unpaired) electrons. The maximum Gasteiger partial charge on any atom is 0.346 e. The summed E-state index contributed by atoms with van der Waals surface area (Å²) in [6.45, 7) is 3.71. The number of rotatable bonds is 4. The lowest BCUT2D eigenvalue weighted by Gasteiger charge is -1.90. The smallest absolute Gasteiger partial charge is 0.346 e. The molecule has 0 atom stereocenters. The van der Waals surface area contributed by atoms with E-state index in [4.69, 9.17) is 0 Å². The summed E-state index contributed by atoms with van der Waals surface area (Å²) in [7, 11) is 0. The zero-order valence-corrected chi connectivity index (χ0v) is 8.50. The quantitative estimate of drug-likeness (QED) is 0.391. The molecule has 0 aromatic rings. The number of hydrogen-bond acceptors (Lipinski definition) is 3. The molecular weight excluding hydrogens is 180 g/mol. The molecule has 0 fully saturated rings. The van der Waals surface area contributed by atoms with Crippen molar-refractivity contribution in [3.05, 3.63) is 23.3 Å². The van der Waals surface area contributed by atoms with Gasteiger partial charge >= 0.3 is 11.9 Å². The van der Waals surface area contributed by atoms with Crippen molar-refractivity contribution in [1.29, 1.82) is 0 Å². The maximum absolute atomic E-state index is 11.1. The van der Waals surface area contributed by atoms with E-state index in [9.17, 15) is 9.59 Å². The van der Waals surface area contributed by atoms with Crippen LogP contribution in [0.2, 0.25) is 0 Å². The average Bonchev–Trinajstić information content (AvgIpc) is 2.38. The minimum absolute atomic E-state index is 0.395. The molecular formula is C11H14O3. The van der Waals surface area contributed by atoms with Crippen LogP contribution < -0.4 is 0 Å². The predicted molar refractivity (Wildman–Crippen MR) is 52.5 cm³/mol. The van der Waals surface area contributed by atoms with Crippen molar-refractivity contribution in [3.63, 3.8) is 0 Å². The van der Waals surface area contributed by atoms with E-state index in [-0.39, 0.29) is 0 Å². The van der Waals surface area contributed by atoms with Gasteiger partial charge in [0.1, 0.15) is 0 Å². The molecule has 0 amide bonds. The second-order valence-corrected chi connectivity index (χ2v) is 3.26. The number of hydrogen-bond donors (Lipinski definition) is 0. The van der Waals surface area contributed by atoms with Gasteiger partial charge in [0.2, 0.25) is 0 Å². The number of cyclic esters (lactones) is 2. The number of carbonyl (C=O) groups is 2. The molecule has 0 N–H and O–H groups in total. The van der Waals surface area contributed by atoms with E-state index >= 15 is 0 Å². The van der Waals surface area contributed by atoms with Gasteiger partial charge in [0.25, 0.3) is 0 Å². The topological polar surface area (TPSA) is 43.4 Å². The summed E-state index contributed by atoms with van der Waals surface area (Å²) in [6.07, 6.45) is 6.72. The van der Waals surface area contributed by atoms with Gasteiger partial charge in [-0.25, -0.2) is 9.59 Å². The van der Waals surface area contributed by atoms with Gasteiger partial charge in [0.05, 0.1) is 5.57 Å². The van der Waals surface area contributed by atoms with Crippen LogP contribution >= 0.6 is 0 Å². The molecule has 0 aromatic heterocycles. The maximum atomic E-state index is 11.1. The fraction of sp³-hybridized carbons (Fsp3) is 0.455. The van der Waals surface area contributed by atoms with Gasteiger partial charge in [0.15, 0.2) is 0 Å². The van der Waals surface area contributed by atoms with E-state index in [1.54, 1.807) is 13.0 Å². The van der Waals surface area contributed by atoms with E-state index in [1.165, 1.54) is 0 Å². The van der Waals surface area contributed by atoms with Gasteiger partial charge in [0, 0.05) is 5.57 Å². The van der Waals surface area contributed by atoms with Crippen molar-refractivity contribution >= 4 is 11.9 Å². The molecule has 0 unspecified atom stereocenters. The third-order valence-electron chi connectivity index (χ3n) is 2.12. The summed E-state index contributed by atoms with van der Waals surface area (Å²) < 4.78 is 4.44. The molecule has 0 aromatic carbocycles. The van der Waals surface area contributed by atoms with E-state index in [0.717, 1.165) is 19.3 Å². The molecule has 3 heteroatoms. The first-order valence-electron chi connectivity index (χ1n) is 4.80. The molecule has 1 heterocycles. The summed E-state index contributed by atoms with van der Waals surface area (Å²) in [6, 6.07) is 0. The first kappa shape index (κ1) is 10.7. The van der Waals surface area contributed by atoms with Crippen molar-refractivity contribution in [2.75, 3.05) is 0 Å². The highest BCUT2D eigenvalue weighted by Gasteiger charge is 2.27. The summed E-state index contributed by atoms with van der Waals surface area (Å²) >= 11 is 0. The number of carbonyl (C=O) groups excluding carboxylic acids is 2. The lowest BCUT2D eigenvalue weighted by Crippen LogP contribution is -2.00. The Kier molecular flexibility index (Phi) is 3.63. The predicted octanol–water partition coefficient (Wildman–Crippen LogP) is 2.13. The molecule has 0 saturated heterocycles. The van der Waals surface area contributed by atoms with Gasteiger partial charge in [-0.05, 0) is 13.3 Å². The van der Waals surface area contributed by atoms with Crippen molar-refractivity contribution in [2.24, 2.45) is 0 Å². The highest BCUT2D eigenvalue weighted by Crippen LogP contribution is 2.18. The van der Waals surface area contributed by atoms with Crippen LogP contribution in [0.3, 0.4) is 0 Å². The number of unbranched alkanes of at least 4 members (excludes halogenated alkanes) is 2. The largest absolute Gasteiger partial charge is 0.386 e. The average molecular weight is 194 g/mol. The molecule has 0 bridgehead atoms. The van der Waals surface area contributed by atoms with Crippen molar-refractivity contribution in [2.45, 2.75) is 33.1 Å². The zero-order chi connectivity index (χ0) is 10.6. The first-order valence-corrected chi connectivity index (χ1v) is 4.80. The summed E-state index contributed by atoms with van der Waals surface area (Å²) in [5.41, 5.74) is 0.800. The standard InChI is InChI=1S/C11H14O3/c1-3-4-5-6-7-9-8(2)10(12)14-11(9)13/h6-7H,3-5H2,1-2H3/b7-6+. The Labute approximate surface area is 83.4 Å². The Morgan fingerprint density at radius 2 is 2.00 bits per heavy atom. The third-order valence-corrected chi connectivity index (χ3v) is 2.12. The summed E-state index contributed by atoms with van der Waals surface area (Å²) in [5.74, 6) is -1.05. The zero-order valence-electron chi connectivity index (χ0n) is 8.50. The number of ether oxygens (including phenoxy) is 1. The van der Waals surface area contributed by atoms with Crippen molar-refractivity contribution in [1.82, 2.24) is 0 Å². The van der Waals surface area contributed by atoms with Crippen LogP contribution in [-0.2, 0) is 14.3 Å². The van der Waals surface area contributed by atoms with Crippen molar-refractivity contribution in [3.8, 4) is 0 Å². The van der Waals surface area contributed by atoms with E-state index in [1.807, 2.05) is 6.08 Å². The fourth-order valence-electron chi connectivity index (χ4n) is 1.19. The van der Waals surface area contributed by atoms with Crippen LogP contribution in [0, 0.1) is 0 Å². The van der Waals surface area contributed by atoms with E-state index < -0.39 is 11.9 Å². The summed E-state index contributed by atoms with van der Waals surface area (Å²) in [4.78, 5) is 22.1. The Hall–Kier alpha value is -1.38. The molecule has 1 aliphatic heterocycles. The SMILES string of the molecule is CCCC/C=C/C1=C(C)C(=O)OC1=O. The highest BCUT2D eigenvalue weighted by molar-refractivity contribution is 6.13. The Bertz CT molecular complexity index is 310. The molecule has 1 aliphatic rings. The first-order chi connectivity index (χ1) is 6.66. The van der Waals surface area contributed by atoms with Gasteiger partial charge in [-0.2, -0.15) is 0 Å². The Morgan fingerprint density at radius 3 is 2.50 bits per heavy atom. The Balaban J connectivity index is 2.63. The molecule has 0 aliphatic carbocycles. The second kappa shape index (κ2) is 4.74. The normalized spacial score (nSPS) is 17.0. The summed E-state index contributed by atoms with van der Waals surface area (Å²) in [5, 5.41) is 0. The molecule has 3 nitrogen and oxygen atoms in total. The lowest BCUT2D eigenvalue weighted by molar-refractivity contribution is -0.150. The number of esters is 2. The minimum Gasteiger partial charge on any atom is -0.386 e. The second-order valence-electron chi connectivity index (χ2n) is 3.26. The van der Waals surface area contributed by atoms with Crippen LogP contribution in [0.5, 0.6) is 0 Å². The van der Waals surface area contributed by atoms with Gasteiger partial charge in [-0.3, -0.25) is 0 Å². The van der Waals surface area contributed by atoms with Crippen LogP contribution in [0.4, 0.5) is 0 Å². The monoisotopic (exact) mass is 194 g/mol. The highest BCUT2D eigenvalue weighted by atomic mass is 16.6. The molecule has 1 rings (SSSR count). The third kappa shape index (κ3) is 2.31. The van der Waals surface area contributed by atoms with Crippen LogP contribution in [0.15, 0.2) is 23.3 Å². The number of allylic oxidation sites excluding steroid dienone is 1. The van der Waals surface area contributed by atoms with Crippen LogP contribution in [0.1, 0.15) is 33.1 Å². The van der Waals surface area contributed by atoms with E-state index in [2.05, 4.69) is 11.7 Å². The van der Waals surface area contributed by atoms with Crippen LogP contribution in [0.25, 0.3) is 0 Å². The fourth-order valence-corrected chi connectivity index (χ4v) is 1.19. The van der Waals surface area contributed by atoms with Crippen molar-refractivity contribution < 1.29 is 14.3 Å². The van der Waals surface area contributed by atoms with E-state index in [0.29, 0.717) is 11.1 Å². The Morgan fingerprint density at radius 1 is 1.29 bits per heavy atom. The van der Waals surface area contributed by atoms with Crippen LogP contribution in [-0.4, -0.2) is 11.9 Å². The van der Waals surface area contributed by atoms with Gasteiger partial charge in [-0.15, -0.1) is 0 Å². The lowest BCUT2D eigenvalue weighted by atomic mass is 10.1. The molecule has 0 spiro atoms. The molecule has 0 saturated carbocycles. The minimum atomic E-state index is -0.528. The van der Waals surface area contributed by atoms with Gasteiger partial charge < -0.3 is 4.74 Å².